The molecule has 0 heterocycles. The lowest BCUT2D eigenvalue weighted by atomic mass is 9.96. The van der Waals surface area contributed by atoms with E-state index in [0.717, 1.165) is 11.1 Å². The van der Waals surface area contributed by atoms with Crippen molar-refractivity contribution in [1.82, 2.24) is 4.72 Å². The van der Waals surface area contributed by atoms with E-state index in [0.29, 0.717) is 5.92 Å². The fourth-order valence-electron chi connectivity index (χ4n) is 2.33. The Morgan fingerprint density at radius 2 is 1.30 bits per heavy atom. The van der Waals surface area contributed by atoms with Gasteiger partial charge in [0.1, 0.15) is 10.8 Å². The summed E-state index contributed by atoms with van der Waals surface area (Å²) in [4.78, 5) is 0. The lowest BCUT2D eigenvalue weighted by Gasteiger charge is -2.28. The Morgan fingerprint density at radius 3 is 1.78 bits per heavy atom. The molecule has 0 aromatic heterocycles. The monoisotopic (exact) mass is 329 g/mol. The highest BCUT2D eigenvalue weighted by Gasteiger charge is 2.30. The van der Waals surface area contributed by atoms with Crippen LogP contribution in [0.2, 0.25) is 0 Å². The zero-order valence-electron chi connectivity index (χ0n) is 14.7. The molecule has 0 spiro atoms. The van der Waals surface area contributed by atoms with Gasteiger partial charge in [0.05, 0.1) is 0 Å². The molecule has 0 saturated carbocycles. The summed E-state index contributed by atoms with van der Waals surface area (Å²) in [6.07, 6.45) is 0. The average Bonchev–Trinajstić information content (AvgIpc) is 2.52. The third kappa shape index (κ3) is 4.84. The van der Waals surface area contributed by atoms with Crippen molar-refractivity contribution in [3.63, 3.8) is 0 Å². The lowest BCUT2D eigenvalue weighted by molar-refractivity contribution is 0.535. The second-order valence-electron chi connectivity index (χ2n) is 7.16. The highest BCUT2D eigenvalue weighted by Crippen LogP contribution is 2.27. The van der Waals surface area contributed by atoms with Gasteiger partial charge >= 0.3 is 0 Å². The van der Waals surface area contributed by atoms with E-state index < -0.39 is 11.4 Å². The smallest absolute Gasteiger partial charge is 0.136 e. The van der Waals surface area contributed by atoms with Gasteiger partial charge in [0.15, 0.2) is 0 Å². The number of benzene rings is 2. The summed E-state index contributed by atoms with van der Waals surface area (Å²) in [5.41, 5.74) is 3.58. The Hall–Kier alpha value is -1.29. The van der Waals surface area contributed by atoms with Gasteiger partial charge < -0.3 is 4.55 Å². The first-order valence-corrected chi connectivity index (χ1v) is 9.27. The summed E-state index contributed by atoms with van der Waals surface area (Å²) in [6.45, 7) is 10.3. The summed E-state index contributed by atoms with van der Waals surface area (Å²) in [7, 11) is 0. The molecule has 1 N–H and O–H groups in total. The van der Waals surface area contributed by atoms with Crippen molar-refractivity contribution < 1.29 is 4.55 Å². The van der Waals surface area contributed by atoms with Crippen LogP contribution in [0.25, 0.3) is 0 Å². The first-order chi connectivity index (χ1) is 10.8. The van der Waals surface area contributed by atoms with Gasteiger partial charge in [0.25, 0.3) is 0 Å². The third-order valence-corrected chi connectivity index (χ3v) is 5.41. The predicted octanol–water partition coefficient (Wildman–Crippen LogP) is 4.95. The van der Waals surface area contributed by atoms with Crippen molar-refractivity contribution >= 4 is 11.4 Å². The number of nitrogens with one attached hydrogen (secondary N) is 1. The molecule has 0 aliphatic carbocycles. The molecule has 0 aliphatic rings. The van der Waals surface area contributed by atoms with Gasteiger partial charge in [-0.2, -0.15) is 0 Å². The molecule has 2 aromatic carbocycles. The molecule has 0 aliphatic heterocycles. The lowest BCUT2D eigenvalue weighted by Crippen LogP contribution is -2.41. The van der Waals surface area contributed by atoms with E-state index in [1.165, 1.54) is 5.56 Å². The number of rotatable bonds is 5. The molecule has 0 fully saturated rings. The molecular weight excluding hydrogens is 302 g/mol. The molecule has 3 heteroatoms. The summed E-state index contributed by atoms with van der Waals surface area (Å²) in [5, 5.41) is 0. The molecule has 2 atom stereocenters. The maximum atomic E-state index is 12.6. The minimum Gasteiger partial charge on any atom is -0.598 e. The number of hydrogen-bond acceptors (Lipinski definition) is 2. The van der Waals surface area contributed by atoms with Gasteiger partial charge in [0, 0.05) is 11.4 Å². The van der Waals surface area contributed by atoms with Crippen LogP contribution in [-0.4, -0.2) is 9.30 Å². The molecule has 23 heavy (non-hydrogen) atoms. The highest BCUT2D eigenvalue weighted by molar-refractivity contribution is 7.90. The van der Waals surface area contributed by atoms with E-state index in [-0.39, 0.29) is 10.8 Å². The maximum absolute atomic E-state index is 12.6. The summed E-state index contributed by atoms with van der Waals surface area (Å²) >= 11 is -1.13. The quantitative estimate of drug-likeness (QED) is 0.788. The molecule has 0 radical (unpaired) electrons. The Morgan fingerprint density at radius 1 is 0.826 bits per heavy atom. The topological polar surface area (TPSA) is 35.1 Å². The Bertz CT molecular complexity index is 602. The third-order valence-electron chi connectivity index (χ3n) is 3.85. The summed E-state index contributed by atoms with van der Waals surface area (Å²) in [6, 6.07) is 18.7. The van der Waals surface area contributed by atoms with E-state index in [4.69, 9.17) is 0 Å². The van der Waals surface area contributed by atoms with Gasteiger partial charge in [-0.05, 0) is 43.4 Å². The minimum absolute atomic E-state index is 0.0718. The van der Waals surface area contributed by atoms with Crippen molar-refractivity contribution in [3.8, 4) is 0 Å². The molecular formula is C20H27NOS. The first kappa shape index (κ1) is 18.1. The second-order valence-corrected chi connectivity index (χ2v) is 9.16. The zero-order chi connectivity index (χ0) is 17.0. The van der Waals surface area contributed by atoms with Crippen LogP contribution in [0.1, 0.15) is 63.3 Å². The van der Waals surface area contributed by atoms with Crippen molar-refractivity contribution in [2.45, 2.75) is 51.3 Å². The Labute approximate surface area is 143 Å². The van der Waals surface area contributed by atoms with E-state index in [1.807, 2.05) is 39.0 Å². The summed E-state index contributed by atoms with van der Waals surface area (Å²) < 4.78 is 15.6. The fraction of sp³-hybridized carbons (Fsp3) is 0.400. The van der Waals surface area contributed by atoms with Crippen LogP contribution in [-0.2, 0) is 11.4 Å². The normalized spacial score (nSPS) is 14.7. The van der Waals surface area contributed by atoms with Crippen molar-refractivity contribution in [3.05, 3.63) is 71.3 Å². The molecule has 1 unspecified atom stereocenters. The van der Waals surface area contributed by atoms with Gasteiger partial charge in [-0.15, -0.1) is 4.72 Å². The van der Waals surface area contributed by atoms with E-state index >= 15 is 0 Å². The molecule has 0 amide bonds. The van der Waals surface area contributed by atoms with Gasteiger partial charge in [-0.1, -0.05) is 68.4 Å². The largest absolute Gasteiger partial charge is 0.598 e. The summed E-state index contributed by atoms with van der Waals surface area (Å²) in [5.74, 6) is 0.510. The van der Waals surface area contributed by atoms with Crippen LogP contribution < -0.4 is 4.72 Å². The zero-order valence-corrected chi connectivity index (χ0v) is 15.5. The van der Waals surface area contributed by atoms with Crippen molar-refractivity contribution in [2.75, 3.05) is 0 Å². The molecule has 0 bridgehead atoms. The van der Waals surface area contributed by atoms with Crippen molar-refractivity contribution in [1.29, 1.82) is 0 Å². The molecule has 2 nitrogen and oxygen atoms in total. The predicted molar refractivity (Wildman–Crippen MR) is 99.8 cm³/mol. The minimum atomic E-state index is -1.13. The highest BCUT2D eigenvalue weighted by atomic mass is 32.2. The van der Waals surface area contributed by atoms with Crippen molar-refractivity contribution in [2.24, 2.45) is 0 Å². The van der Waals surface area contributed by atoms with Crippen LogP contribution in [0.4, 0.5) is 0 Å². The van der Waals surface area contributed by atoms with Gasteiger partial charge in [-0.25, -0.2) is 0 Å². The SMILES string of the molecule is CC(C)c1ccc(C(N[S@+]([O-])C(C)(C)C)c2ccccc2)cc1. The molecule has 124 valence electrons. The van der Waals surface area contributed by atoms with E-state index in [2.05, 4.69) is 55.0 Å². The van der Waals surface area contributed by atoms with Crippen LogP contribution in [0.15, 0.2) is 54.6 Å². The first-order valence-electron chi connectivity index (χ1n) is 8.12. The van der Waals surface area contributed by atoms with Crippen LogP contribution in [0.3, 0.4) is 0 Å². The Kier molecular flexibility index (Phi) is 5.90. The standard InChI is InChI=1S/C20H27NOS/c1-15(2)16-11-13-18(14-12-16)19(17-9-7-6-8-10-17)21-23(22)20(3,4)5/h6-15,19,21H,1-5H3/t19?,23-/m1/s1. The molecule has 0 saturated heterocycles. The Balaban J connectivity index is 2.33. The average molecular weight is 330 g/mol. The molecule has 2 aromatic rings. The second kappa shape index (κ2) is 7.52. The van der Waals surface area contributed by atoms with Crippen LogP contribution in [0.5, 0.6) is 0 Å². The van der Waals surface area contributed by atoms with E-state index in [9.17, 15) is 4.55 Å². The van der Waals surface area contributed by atoms with E-state index in [1.54, 1.807) is 0 Å². The molecule has 2 rings (SSSR count). The number of hydrogen-bond donors (Lipinski definition) is 1. The maximum Gasteiger partial charge on any atom is 0.136 e. The van der Waals surface area contributed by atoms with Gasteiger partial charge in [-0.3, -0.25) is 0 Å². The van der Waals surface area contributed by atoms with Gasteiger partial charge in [0.2, 0.25) is 0 Å². The van der Waals surface area contributed by atoms with Crippen LogP contribution in [0, 0.1) is 0 Å². The van der Waals surface area contributed by atoms with Crippen LogP contribution >= 0.6 is 0 Å². The fourth-order valence-corrected chi connectivity index (χ4v) is 3.17.